The van der Waals surface area contributed by atoms with Gasteiger partial charge in [0.05, 0.1) is 23.1 Å². The van der Waals surface area contributed by atoms with E-state index in [-0.39, 0.29) is 24.1 Å². The molecule has 3 heterocycles. The minimum absolute atomic E-state index is 0.100. The molecule has 0 fully saturated rings. The van der Waals surface area contributed by atoms with Crippen molar-refractivity contribution in [3.05, 3.63) is 81.8 Å². The zero-order valence-corrected chi connectivity index (χ0v) is 17.3. The Morgan fingerprint density at radius 1 is 1.20 bits per heavy atom. The quantitative estimate of drug-likeness (QED) is 0.498. The number of pyridine rings is 1. The normalized spacial score (nSPS) is 11.7. The van der Waals surface area contributed by atoms with E-state index >= 15 is 0 Å². The molecule has 3 aromatic heterocycles. The summed E-state index contributed by atoms with van der Waals surface area (Å²) >= 11 is 6.24. The number of carbonyl (C=O) groups is 1. The Bertz CT molecular complexity index is 1320. The molecule has 0 radical (unpaired) electrons. The van der Waals surface area contributed by atoms with Crippen molar-refractivity contribution in [1.29, 1.82) is 0 Å². The van der Waals surface area contributed by atoms with Crippen LogP contribution < -0.4 is 5.56 Å². The fourth-order valence-electron chi connectivity index (χ4n) is 3.27. The summed E-state index contributed by atoms with van der Waals surface area (Å²) < 4.78 is 1.81. The number of para-hydroxylation sites is 1. The van der Waals surface area contributed by atoms with Gasteiger partial charge in [-0.2, -0.15) is 0 Å². The molecule has 7 nitrogen and oxygen atoms in total. The maximum atomic E-state index is 12.9. The van der Waals surface area contributed by atoms with Gasteiger partial charge in [0.1, 0.15) is 11.5 Å². The maximum Gasteiger partial charge on any atom is 0.258 e. The molecule has 0 atom stereocenters. The van der Waals surface area contributed by atoms with Crippen molar-refractivity contribution in [3.63, 3.8) is 0 Å². The summed E-state index contributed by atoms with van der Waals surface area (Å²) in [6.45, 7) is 4.00. The van der Waals surface area contributed by atoms with Crippen molar-refractivity contribution in [2.75, 3.05) is 0 Å². The Labute approximate surface area is 177 Å². The first-order chi connectivity index (χ1) is 14.4. The van der Waals surface area contributed by atoms with Crippen molar-refractivity contribution in [3.8, 4) is 0 Å². The van der Waals surface area contributed by atoms with E-state index in [9.17, 15) is 9.59 Å². The predicted octanol–water partition coefficient (Wildman–Crippen LogP) is 3.67. The molecule has 4 rings (SSSR count). The highest BCUT2D eigenvalue weighted by atomic mass is 35.5. The van der Waals surface area contributed by atoms with Gasteiger partial charge in [0.15, 0.2) is 5.15 Å². The number of carbonyl (C=O) groups excluding carboxylic acids is 1. The molecule has 1 amide bonds. The fraction of sp³-hybridized carbons (Fsp3) is 0.182. The van der Waals surface area contributed by atoms with Gasteiger partial charge in [0.25, 0.3) is 5.56 Å². The molecule has 152 valence electrons. The third kappa shape index (κ3) is 3.84. The summed E-state index contributed by atoms with van der Waals surface area (Å²) in [5.41, 5.74) is 1.70. The van der Waals surface area contributed by atoms with Gasteiger partial charge >= 0.3 is 0 Å². The standard InChI is InChI=1S/C22H20ClN5O2/c1-14(2)28(13-18-24-16-8-4-3-7-15(16)22(30)25-18)20(29)11-10-17-21(23)26-19-9-5-6-12-27(17)19/h3-12,14H,13H2,1-2H3,(H,24,25,30). The monoisotopic (exact) mass is 421 g/mol. The Kier molecular flexibility index (Phi) is 5.37. The van der Waals surface area contributed by atoms with Crippen molar-refractivity contribution in [1.82, 2.24) is 24.3 Å². The lowest BCUT2D eigenvalue weighted by molar-refractivity contribution is -0.128. The second-order valence-electron chi connectivity index (χ2n) is 7.14. The average molecular weight is 422 g/mol. The number of aromatic nitrogens is 4. The van der Waals surface area contributed by atoms with Gasteiger partial charge in [-0.25, -0.2) is 9.97 Å². The van der Waals surface area contributed by atoms with E-state index in [0.29, 0.717) is 33.2 Å². The third-order valence-electron chi connectivity index (χ3n) is 4.79. The van der Waals surface area contributed by atoms with Gasteiger partial charge in [-0.15, -0.1) is 0 Å². The van der Waals surface area contributed by atoms with Crippen LogP contribution in [0.1, 0.15) is 25.4 Å². The second kappa shape index (κ2) is 8.12. The van der Waals surface area contributed by atoms with E-state index in [0.717, 1.165) is 0 Å². The van der Waals surface area contributed by atoms with Crippen molar-refractivity contribution in [2.45, 2.75) is 26.4 Å². The lowest BCUT2D eigenvalue weighted by Crippen LogP contribution is -2.36. The summed E-state index contributed by atoms with van der Waals surface area (Å²) in [6, 6.07) is 12.6. The third-order valence-corrected chi connectivity index (χ3v) is 5.07. The Balaban J connectivity index is 1.61. The first kappa shape index (κ1) is 19.8. The van der Waals surface area contributed by atoms with Crippen molar-refractivity contribution in [2.24, 2.45) is 0 Å². The topological polar surface area (TPSA) is 83.4 Å². The number of fused-ring (bicyclic) bond motifs is 2. The minimum atomic E-state index is -0.222. The van der Waals surface area contributed by atoms with E-state index in [1.54, 1.807) is 29.2 Å². The molecule has 0 spiro atoms. The van der Waals surface area contributed by atoms with Gasteiger partial charge in [-0.05, 0) is 44.2 Å². The lowest BCUT2D eigenvalue weighted by atomic mass is 10.2. The Morgan fingerprint density at radius 3 is 2.77 bits per heavy atom. The highest BCUT2D eigenvalue weighted by molar-refractivity contribution is 6.31. The number of rotatable bonds is 5. The largest absolute Gasteiger partial charge is 0.329 e. The van der Waals surface area contributed by atoms with Crippen LogP contribution in [0.15, 0.2) is 59.5 Å². The van der Waals surface area contributed by atoms with Crippen LogP contribution in [-0.2, 0) is 11.3 Å². The molecule has 0 aliphatic rings. The van der Waals surface area contributed by atoms with E-state index in [2.05, 4.69) is 15.0 Å². The zero-order chi connectivity index (χ0) is 21.3. The van der Waals surface area contributed by atoms with Gasteiger partial charge in [-0.3, -0.25) is 14.0 Å². The number of halogens is 1. The van der Waals surface area contributed by atoms with Crippen LogP contribution in [0.3, 0.4) is 0 Å². The van der Waals surface area contributed by atoms with Crippen LogP contribution in [0.25, 0.3) is 22.6 Å². The molecule has 1 N–H and O–H groups in total. The number of H-pyrrole nitrogens is 1. The molecule has 0 unspecified atom stereocenters. The number of nitrogens with zero attached hydrogens (tertiary/aromatic N) is 4. The Hall–Kier alpha value is -3.45. The van der Waals surface area contributed by atoms with Crippen LogP contribution in [0, 0.1) is 0 Å². The average Bonchev–Trinajstić information content (AvgIpc) is 3.05. The first-order valence-electron chi connectivity index (χ1n) is 9.53. The van der Waals surface area contributed by atoms with Gasteiger partial charge in [-0.1, -0.05) is 29.8 Å². The van der Waals surface area contributed by atoms with E-state index < -0.39 is 0 Å². The van der Waals surface area contributed by atoms with Gasteiger partial charge in [0, 0.05) is 18.3 Å². The fourth-order valence-corrected chi connectivity index (χ4v) is 3.51. The molecule has 0 saturated carbocycles. The highest BCUT2D eigenvalue weighted by Crippen LogP contribution is 2.19. The molecule has 8 heteroatoms. The minimum Gasteiger partial charge on any atom is -0.329 e. The van der Waals surface area contributed by atoms with Crippen molar-refractivity contribution >= 4 is 40.1 Å². The SMILES string of the molecule is CC(C)N(Cc1nc2ccccc2c(=O)[nH]1)C(=O)C=Cc1c(Cl)nc2ccccn12. The highest BCUT2D eigenvalue weighted by Gasteiger charge is 2.17. The number of amides is 1. The molecular formula is C22H20ClN5O2. The van der Waals surface area contributed by atoms with Crippen LogP contribution >= 0.6 is 11.6 Å². The van der Waals surface area contributed by atoms with Crippen LogP contribution in [0.4, 0.5) is 0 Å². The number of hydrogen-bond donors (Lipinski definition) is 1. The molecular weight excluding hydrogens is 402 g/mol. The van der Waals surface area contributed by atoms with Crippen molar-refractivity contribution < 1.29 is 4.79 Å². The summed E-state index contributed by atoms with van der Waals surface area (Å²) in [5, 5.41) is 0.840. The number of benzene rings is 1. The number of nitrogens with one attached hydrogen (secondary N) is 1. The molecule has 0 aliphatic carbocycles. The molecule has 0 bridgehead atoms. The second-order valence-corrected chi connectivity index (χ2v) is 7.50. The summed E-state index contributed by atoms with van der Waals surface area (Å²) in [4.78, 5) is 38.4. The summed E-state index contributed by atoms with van der Waals surface area (Å²) in [5.74, 6) is 0.213. The zero-order valence-electron chi connectivity index (χ0n) is 16.5. The number of aromatic amines is 1. The van der Waals surface area contributed by atoms with Crippen LogP contribution in [-0.4, -0.2) is 36.2 Å². The molecule has 1 aromatic carbocycles. The van der Waals surface area contributed by atoms with Crippen LogP contribution in [0.5, 0.6) is 0 Å². The number of hydrogen-bond acceptors (Lipinski definition) is 4. The molecule has 0 saturated heterocycles. The number of imidazole rings is 1. The molecule has 4 aromatic rings. The van der Waals surface area contributed by atoms with Gasteiger partial charge in [0.2, 0.25) is 5.91 Å². The predicted molar refractivity (Wildman–Crippen MR) is 117 cm³/mol. The summed E-state index contributed by atoms with van der Waals surface area (Å²) in [7, 11) is 0. The van der Waals surface area contributed by atoms with E-state index in [1.807, 2.05) is 48.7 Å². The maximum absolute atomic E-state index is 12.9. The first-order valence-corrected chi connectivity index (χ1v) is 9.91. The molecule has 30 heavy (non-hydrogen) atoms. The Morgan fingerprint density at radius 2 is 1.97 bits per heavy atom. The van der Waals surface area contributed by atoms with E-state index in [4.69, 9.17) is 11.6 Å². The molecule has 0 aliphatic heterocycles. The van der Waals surface area contributed by atoms with Crippen LogP contribution in [0.2, 0.25) is 5.15 Å². The lowest BCUT2D eigenvalue weighted by Gasteiger charge is -2.25. The smallest absolute Gasteiger partial charge is 0.258 e. The van der Waals surface area contributed by atoms with E-state index in [1.165, 1.54) is 6.08 Å². The summed E-state index contributed by atoms with van der Waals surface area (Å²) in [6.07, 6.45) is 4.94. The van der Waals surface area contributed by atoms with Gasteiger partial charge < -0.3 is 9.88 Å².